The lowest BCUT2D eigenvalue weighted by Gasteiger charge is -1.95. The minimum atomic E-state index is 0.0578. The molecule has 0 N–H and O–H groups in total. The van der Waals surface area contributed by atoms with Crippen molar-refractivity contribution in [2.45, 2.75) is 13.8 Å². The summed E-state index contributed by atoms with van der Waals surface area (Å²) < 4.78 is 1.60. The lowest BCUT2D eigenvalue weighted by molar-refractivity contribution is -0.576. The number of aromatic nitrogens is 1. The average Bonchev–Trinajstić information content (AvgIpc) is 2.05. The van der Waals surface area contributed by atoms with Crippen molar-refractivity contribution in [3.8, 4) is 0 Å². The van der Waals surface area contributed by atoms with Crippen LogP contribution in [0.25, 0.3) is 0 Å². The summed E-state index contributed by atoms with van der Waals surface area (Å²) in [6.07, 6.45) is 3.53. The van der Waals surface area contributed by atoms with E-state index < -0.39 is 0 Å². The Bertz CT molecular complexity index is 241. The predicted molar refractivity (Wildman–Crippen MR) is 42.1 cm³/mol. The van der Waals surface area contributed by atoms with Crippen LogP contribution in [0, 0.1) is 5.92 Å². The second kappa shape index (κ2) is 3.28. The molecule has 11 heavy (non-hydrogen) atoms. The summed E-state index contributed by atoms with van der Waals surface area (Å²) >= 11 is 0. The van der Waals surface area contributed by atoms with E-state index in [1.165, 1.54) is 0 Å². The third kappa shape index (κ3) is 1.87. The summed E-state index contributed by atoms with van der Waals surface area (Å²) in [7, 11) is 0. The topological polar surface area (TPSA) is 20.9 Å². The van der Waals surface area contributed by atoms with Crippen molar-refractivity contribution in [3.63, 3.8) is 0 Å². The monoisotopic (exact) mass is 150 g/mol. The molecule has 1 aromatic rings. The van der Waals surface area contributed by atoms with E-state index in [4.69, 9.17) is 0 Å². The summed E-state index contributed by atoms with van der Waals surface area (Å²) in [6, 6.07) is 5.59. The minimum absolute atomic E-state index is 0.0578. The predicted octanol–water partition coefficient (Wildman–Crippen LogP) is 1.27. The van der Waals surface area contributed by atoms with Crippen LogP contribution < -0.4 is 4.57 Å². The number of pyridine rings is 1. The Morgan fingerprint density at radius 3 is 2.18 bits per heavy atom. The van der Waals surface area contributed by atoms with E-state index in [-0.39, 0.29) is 11.8 Å². The number of nitrogens with zero attached hydrogens (tertiary/aromatic N) is 1. The molecule has 2 heteroatoms. The van der Waals surface area contributed by atoms with Gasteiger partial charge in [0.05, 0.1) is 5.92 Å². The first-order valence-corrected chi connectivity index (χ1v) is 3.72. The standard InChI is InChI=1S/C9H12NO/c1-8(2)9(11)10-6-4-3-5-7-10/h3-8H,1-2H3/q+1. The van der Waals surface area contributed by atoms with Gasteiger partial charge in [-0.2, -0.15) is 0 Å². The smallest absolute Gasteiger partial charge is 0.219 e. The SMILES string of the molecule is CC(C)C(=O)[n+]1ccccc1. The molecule has 0 aliphatic carbocycles. The number of hydrogen-bond acceptors (Lipinski definition) is 1. The zero-order chi connectivity index (χ0) is 8.27. The van der Waals surface area contributed by atoms with Gasteiger partial charge in [0.2, 0.25) is 0 Å². The highest BCUT2D eigenvalue weighted by Crippen LogP contribution is 1.90. The molecule has 0 aromatic carbocycles. The highest BCUT2D eigenvalue weighted by molar-refractivity contribution is 5.68. The van der Waals surface area contributed by atoms with Gasteiger partial charge < -0.3 is 0 Å². The maximum absolute atomic E-state index is 11.3. The lowest BCUT2D eigenvalue weighted by atomic mass is 10.2. The Labute approximate surface area is 66.5 Å². The molecule has 58 valence electrons. The van der Waals surface area contributed by atoms with Crippen LogP contribution in [0.15, 0.2) is 30.6 Å². The number of carbonyl (C=O) groups is 1. The van der Waals surface area contributed by atoms with Crippen molar-refractivity contribution >= 4 is 5.91 Å². The maximum atomic E-state index is 11.3. The quantitative estimate of drug-likeness (QED) is 0.552. The normalized spacial score (nSPS) is 10.1. The molecule has 0 amide bonds. The van der Waals surface area contributed by atoms with E-state index >= 15 is 0 Å². The first kappa shape index (κ1) is 7.92. The van der Waals surface area contributed by atoms with Gasteiger partial charge in [-0.1, -0.05) is 6.07 Å². The first-order chi connectivity index (χ1) is 5.22. The Hall–Kier alpha value is -1.18. The van der Waals surface area contributed by atoms with Crippen molar-refractivity contribution in [2.75, 3.05) is 0 Å². The fourth-order valence-corrected chi connectivity index (χ4v) is 0.844. The van der Waals surface area contributed by atoms with Gasteiger partial charge >= 0.3 is 5.91 Å². The van der Waals surface area contributed by atoms with Gasteiger partial charge in [-0.05, 0) is 13.8 Å². The van der Waals surface area contributed by atoms with Gasteiger partial charge in [-0.25, -0.2) is 4.79 Å². The van der Waals surface area contributed by atoms with E-state index in [1.807, 2.05) is 32.0 Å². The third-order valence-corrected chi connectivity index (χ3v) is 1.46. The van der Waals surface area contributed by atoms with Gasteiger partial charge in [0, 0.05) is 12.1 Å². The summed E-state index contributed by atoms with van der Waals surface area (Å²) in [4.78, 5) is 11.3. The molecule has 0 aliphatic rings. The second-order valence-electron chi connectivity index (χ2n) is 2.78. The van der Waals surface area contributed by atoms with Gasteiger partial charge in [0.1, 0.15) is 0 Å². The summed E-state index contributed by atoms with van der Waals surface area (Å²) in [5.74, 6) is 0.188. The Morgan fingerprint density at radius 2 is 1.73 bits per heavy atom. The molecule has 0 atom stereocenters. The molecule has 0 fully saturated rings. The van der Waals surface area contributed by atoms with Crippen molar-refractivity contribution in [3.05, 3.63) is 30.6 Å². The van der Waals surface area contributed by atoms with Gasteiger partial charge in [0.25, 0.3) is 0 Å². The molecule has 0 saturated carbocycles. The van der Waals surface area contributed by atoms with Crippen molar-refractivity contribution < 1.29 is 9.36 Å². The fraction of sp³-hybridized carbons (Fsp3) is 0.333. The third-order valence-electron chi connectivity index (χ3n) is 1.46. The number of hydrogen-bond donors (Lipinski definition) is 0. The second-order valence-corrected chi connectivity index (χ2v) is 2.78. The molecule has 1 rings (SSSR count). The number of rotatable bonds is 1. The van der Waals surface area contributed by atoms with Crippen LogP contribution in [0.2, 0.25) is 0 Å². The Kier molecular flexibility index (Phi) is 2.36. The van der Waals surface area contributed by atoms with Gasteiger partial charge in [-0.15, -0.1) is 4.57 Å². The minimum Gasteiger partial charge on any atom is -0.219 e. The largest absolute Gasteiger partial charge is 0.394 e. The molecule has 1 aromatic heterocycles. The van der Waals surface area contributed by atoms with E-state index in [0.29, 0.717) is 0 Å². The van der Waals surface area contributed by atoms with Crippen molar-refractivity contribution in [2.24, 2.45) is 5.92 Å². The van der Waals surface area contributed by atoms with Crippen molar-refractivity contribution in [1.29, 1.82) is 0 Å². The Morgan fingerprint density at radius 1 is 1.18 bits per heavy atom. The fourth-order valence-electron chi connectivity index (χ4n) is 0.844. The Balaban J connectivity index is 2.86. The molecule has 0 aliphatic heterocycles. The summed E-state index contributed by atoms with van der Waals surface area (Å²) in [5, 5.41) is 0. The van der Waals surface area contributed by atoms with Gasteiger partial charge in [0.15, 0.2) is 12.4 Å². The van der Waals surface area contributed by atoms with Crippen LogP contribution in [0.1, 0.15) is 18.6 Å². The summed E-state index contributed by atoms with van der Waals surface area (Å²) in [5.41, 5.74) is 0. The van der Waals surface area contributed by atoms with E-state index in [2.05, 4.69) is 0 Å². The van der Waals surface area contributed by atoms with Gasteiger partial charge in [-0.3, -0.25) is 0 Å². The molecule has 2 nitrogen and oxygen atoms in total. The lowest BCUT2D eigenvalue weighted by Crippen LogP contribution is -2.44. The van der Waals surface area contributed by atoms with Crippen LogP contribution in [-0.4, -0.2) is 5.91 Å². The summed E-state index contributed by atoms with van der Waals surface area (Å²) in [6.45, 7) is 3.78. The van der Waals surface area contributed by atoms with Crippen molar-refractivity contribution in [1.82, 2.24) is 0 Å². The molecule has 1 heterocycles. The molecule has 0 bridgehead atoms. The van der Waals surface area contributed by atoms with E-state index in [0.717, 1.165) is 0 Å². The van der Waals surface area contributed by atoms with E-state index in [9.17, 15) is 4.79 Å². The van der Waals surface area contributed by atoms with E-state index in [1.54, 1.807) is 17.0 Å². The van der Waals surface area contributed by atoms with Crippen LogP contribution >= 0.6 is 0 Å². The molecule has 0 radical (unpaired) electrons. The highest BCUT2D eigenvalue weighted by atomic mass is 16.2. The van der Waals surface area contributed by atoms with Crippen LogP contribution in [-0.2, 0) is 0 Å². The molecular formula is C9H12NO+. The maximum Gasteiger partial charge on any atom is 0.394 e. The molecule has 0 saturated heterocycles. The molecule has 0 unspecified atom stereocenters. The number of carbonyl (C=O) groups excluding carboxylic acids is 1. The zero-order valence-electron chi connectivity index (χ0n) is 6.82. The average molecular weight is 150 g/mol. The molecule has 0 spiro atoms. The van der Waals surface area contributed by atoms with Crippen LogP contribution in [0.5, 0.6) is 0 Å². The zero-order valence-corrected chi connectivity index (χ0v) is 6.82. The molecular weight excluding hydrogens is 138 g/mol. The highest BCUT2D eigenvalue weighted by Gasteiger charge is 2.16. The van der Waals surface area contributed by atoms with Crippen LogP contribution in [0.4, 0.5) is 0 Å². The first-order valence-electron chi connectivity index (χ1n) is 3.72. The van der Waals surface area contributed by atoms with Crippen LogP contribution in [0.3, 0.4) is 0 Å².